The summed E-state index contributed by atoms with van der Waals surface area (Å²) in [5.74, 6) is 1.09. The van der Waals surface area contributed by atoms with E-state index < -0.39 is 0 Å². The van der Waals surface area contributed by atoms with Crippen LogP contribution in [0.4, 0.5) is 4.39 Å². The second kappa shape index (κ2) is 5.49. The van der Waals surface area contributed by atoms with Gasteiger partial charge >= 0.3 is 0 Å². The summed E-state index contributed by atoms with van der Waals surface area (Å²) in [6.07, 6.45) is 8.28. The van der Waals surface area contributed by atoms with Crippen molar-refractivity contribution in [2.24, 2.45) is 0 Å². The zero-order valence-corrected chi connectivity index (χ0v) is 14.3. The molecule has 0 saturated heterocycles. The van der Waals surface area contributed by atoms with Crippen LogP contribution < -0.4 is 0 Å². The van der Waals surface area contributed by atoms with Crippen LogP contribution in [-0.4, -0.2) is 19.5 Å². The van der Waals surface area contributed by atoms with Crippen LogP contribution in [0, 0.1) is 12.7 Å². The van der Waals surface area contributed by atoms with Crippen LogP contribution in [0.5, 0.6) is 0 Å². The molecule has 3 aromatic heterocycles. The van der Waals surface area contributed by atoms with E-state index >= 15 is 0 Å². The van der Waals surface area contributed by atoms with Crippen molar-refractivity contribution in [3.8, 4) is 11.4 Å². The lowest BCUT2D eigenvalue weighted by Gasteiger charge is -2.11. The Kier molecular flexibility index (Phi) is 3.22. The van der Waals surface area contributed by atoms with Gasteiger partial charge in [0.15, 0.2) is 0 Å². The van der Waals surface area contributed by atoms with Gasteiger partial charge in [0.05, 0.1) is 23.5 Å². The van der Waals surface area contributed by atoms with Crippen LogP contribution in [-0.2, 0) is 11.8 Å². The summed E-state index contributed by atoms with van der Waals surface area (Å²) in [6, 6.07) is 9.21. The molecule has 26 heavy (non-hydrogen) atoms. The Morgan fingerprint density at radius 2 is 2.12 bits per heavy atom. The van der Waals surface area contributed by atoms with Crippen LogP contribution in [0.25, 0.3) is 16.9 Å². The number of pyridine rings is 1. The minimum Gasteiger partial charge on any atom is -0.338 e. The van der Waals surface area contributed by atoms with Gasteiger partial charge in [-0.2, -0.15) is 4.98 Å². The maximum atomic E-state index is 13.5. The maximum absolute atomic E-state index is 13.5. The molecule has 1 aliphatic carbocycles. The normalized spacial score (nSPS) is 15.5. The van der Waals surface area contributed by atoms with Gasteiger partial charge in [-0.15, -0.1) is 0 Å². The zero-order valence-electron chi connectivity index (χ0n) is 14.3. The second-order valence-corrected chi connectivity index (χ2v) is 7.10. The number of fused-ring (bicyclic) bond motifs is 1. The smallest absolute Gasteiger partial charge is 0.233 e. The van der Waals surface area contributed by atoms with Crippen molar-refractivity contribution in [2.75, 3.05) is 0 Å². The molecule has 0 amide bonds. The fourth-order valence-electron chi connectivity index (χ4n) is 3.44. The molecule has 0 radical (unpaired) electrons. The van der Waals surface area contributed by atoms with E-state index in [2.05, 4.69) is 15.1 Å². The first-order chi connectivity index (χ1) is 12.6. The summed E-state index contributed by atoms with van der Waals surface area (Å²) < 4.78 is 21.0. The molecule has 0 spiro atoms. The molecule has 4 aromatic rings. The molecule has 0 atom stereocenters. The first-order valence-corrected chi connectivity index (χ1v) is 8.64. The quantitative estimate of drug-likeness (QED) is 0.557. The molecule has 0 N–H and O–H groups in total. The number of nitrogens with zero attached hydrogens (tertiary/aromatic N) is 4. The summed E-state index contributed by atoms with van der Waals surface area (Å²) >= 11 is 0. The summed E-state index contributed by atoms with van der Waals surface area (Å²) in [5, 5.41) is 4.18. The van der Waals surface area contributed by atoms with E-state index in [0.717, 1.165) is 35.9 Å². The van der Waals surface area contributed by atoms with E-state index in [0.29, 0.717) is 17.3 Å². The molecule has 130 valence electrons. The van der Waals surface area contributed by atoms with Crippen molar-refractivity contribution in [1.82, 2.24) is 19.5 Å². The Bertz CT molecular complexity index is 1110. The van der Waals surface area contributed by atoms with Gasteiger partial charge < -0.3 is 8.92 Å². The third-order valence-electron chi connectivity index (χ3n) is 5.17. The van der Waals surface area contributed by atoms with E-state index in [1.165, 1.54) is 6.07 Å². The van der Waals surface area contributed by atoms with Gasteiger partial charge in [0.2, 0.25) is 11.7 Å². The summed E-state index contributed by atoms with van der Waals surface area (Å²) in [5.41, 5.74) is 3.54. The Balaban J connectivity index is 1.44. The molecule has 1 aliphatic rings. The first-order valence-electron chi connectivity index (χ1n) is 8.64. The van der Waals surface area contributed by atoms with Gasteiger partial charge in [-0.05, 0) is 55.5 Å². The van der Waals surface area contributed by atoms with Gasteiger partial charge in [0.1, 0.15) is 5.82 Å². The fourth-order valence-corrected chi connectivity index (χ4v) is 3.44. The number of halogens is 1. The molecule has 0 unspecified atom stereocenters. The summed E-state index contributed by atoms with van der Waals surface area (Å²) in [7, 11) is 0. The third kappa shape index (κ3) is 2.49. The molecule has 3 heterocycles. The maximum Gasteiger partial charge on any atom is 0.233 e. The number of imidazole rings is 1. The van der Waals surface area contributed by atoms with Crippen molar-refractivity contribution in [3.05, 3.63) is 71.9 Å². The lowest BCUT2D eigenvalue weighted by Crippen LogP contribution is -2.11. The number of rotatable bonds is 4. The highest BCUT2D eigenvalue weighted by atomic mass is 19.1. The molecule has 1 fully saturated rings. The van der Waals surface area contributed by atoms with E-state index in [4.69, 9.17) is 4.52 Å². The molecule has 0 bridgehead atoms. The Morgan fingerprint density at radius 1 is 1.23 bits per heavy atom. The van der Waals surface area contributed by atoms with E-state index in [9.17, 15) is 4.39 Å². The highest BCUT2D eigenvalue weighted by Crippen LogP contribution is 2.50. The van der Waals surface area contributed by atoms with E-state index in [-0.39, 0.29) is 11.2 Å². The highest BCUT2D eigenvalue weighted by Gasteiger charge is 2.49. The number of hydrogen-bond donors (Lipinski definition) is 0. The molecular formula is C20H17FN4O. The summed E-state index contributed by atoms with van der Waals surface area (Å²) in [4.78, 5) is 8.78. The Labute approximate surface area is 149 Å². The minimum absolute atomic E-state index is 0.115. The average Bonchev–Trinajstić information content (AvgIpc) is 3.08. The van der Waals surface area contributed by atoms with E-state index in [1.807, 2.05) is 34.9 Å². The van der Waals surface area contributed by atoms with Crippen LogP contribution >= 0.6 is 0 Å². The highest BCUT2D eigenvalue weighted by molar-refractivity contribution is 5.62. The Hall–Kier alpha value is -3.02. The SMILES string of the molecule is Cc1cc(CC2(c3nc(-c4ccn5cncc5c4)no3)CC2)ccc1F. The molecule has 1 saturated carbocycles. The molecule has 1 aromatic carbocycles. The molecule has 6 heteroatoms. The number of aryl methyl sites for hydroxylation is 1. The topological polar surface area (TPSA) is 56.2 Å². The largest absolute Gasteiger partial charge is 0.338 e. The van der Waals surface area contributed by atoms with Gasteiger partial charge in [-0.3, -0.25) is 0 Å². The molecule has 5 nitrogen and oxygen atoms in total. The van der Waals surface area contributed by atoms with Crippen molar-refractivity contribution in [2.45, 2.75) is 31.6 Å². The lowest BCUT2D eigenvalue weighted by molar-refractivity contribution is 0.344. The van der Waals surface area contributed by atoms with Gasteiger partial charge in [0, 0.05) is 11.8 Å². The monoisotopic (exact) mass is 348 g/mol. The fraction of sp³-hybridized carbons (Fsp3) is 0.250. The molecule has 0 aliphatic heterocycles. The van der Waals surface area contributed by atoms with Gasteiger partial charge in [-0.1, -0.05) is 17.3 Å². The number of hydrogen-bond acceptors (Lipinski definition) is 4. The second-order valence-electron chi connectivity index (χ2n) is 7.10. The minimum atomic E-state index is -0.172. The van der Waals surface area contributed by atoms with Crippen LogP contribution in [0.1, 0.15) is 29.9 Å². The van der Waals surface area contributed by atoms with Crippen molar-refractivity contribution >= 4 is 5.52 Å². The first kappa shape index (κ1) is 15.3. The lowest BCUT2D eigenvalue weighted by atomic mass is 9.95. The molecule has 5 rings (SSSR count). The van der Waals surface area contributed by atoms with Crippen molar-refractivity contribution in [1.29, 1.82) is 0 Å². The standard InChI is InChI=1S/C20H17FN4O/c1-13-8-14(2-3-17(13)21)10-20(5-6-20)19-23-18(24-26-19)15-4-7-25-12-22-11-16(25)9-15/h2-4,7-9,11-12H,5-6,10H2,1H3. The van der Waals surface area contributed by atoms with Crippen molar-refractivity contribution < 1.29 is 8.91 Å². The van der Waals surface area contributed by atoms with E-state index in [1.54, 1.807) is 19.4 Å². The average molecular weight is 348 g/mol. The number of aromatic nitrogens is 4. The molecular weight excluding hydrogens is 331 g/mol. The van der Waals surface area contributed by atoms with Gasteiger partial charge in [0.25, 0.3) is 0 Å². The Morgan fingerprint density at radius 3 is 2.92 bits per heavy atom. The summed E-state index contributed by atoms with van der Waals surface area (Å²) in [6.45, 7) is 1.79. The van der Waals surface area contributed by atoms with Crippen LogP contribution in [0.3, 0.4) is 0 Å². The van der Waals surface area contributed by atoms with Crippen molar-refractivity contribution in [3.63, 3.8) is 0 Å². The van der Waals surface area contributed by atoms with Gasteiger partial charge in [-0.25, -0.2) is 9.37 Å². The third-order valence-corrected chi connectivity index (χ3v) is 5.17. The van der Waals surface area contributed by atoms with Crippen LogP contribution in [0.15, 0.2) is 53.6 Å². The number of benzene rings is 1. The van der Waals surface area contributed by atoms with Crippen LogP contribution in [0.2, 0.25) is 0 Å². The predicted octanol–water partition coefficient (Wildman–Crippen LogP) is 4.11. The predicted molar refractivity (Wildman–Crippen MR) is 94.2 cm³/mol. The zero-order chi connectivity index (χ0) is 17.7.